The molecule has 0 saturated heterocycles. The van der Waals surface area contributed by atoms with Gasteiger partial charge in [0.05, 0.1) is 22.7 Å². The number of hydrogen-bond acceptors (Lipinski definition) is 3. The van der Waals surface area contributed by atoms with Gasteiger partial charge in [0.15, 0.2) is 0 Å². The molecule has 3 rings (SSSR count). The van der Waals surface area contributed by atoms with E-state index in [4.69, 9.17) is 23.2 Å². The summed E-state index contributed by atoms with van der Waals surface area (Å²) in [4.78, 5) is 12.5. The number of halogens is 2. The largest absolute Gasteiger partial charge is 0.306 e. The summed E-state index contributed by atoms with van der Waals surface area (Å²) < 4.78 is 0. The molecule has 0 radical (unpaired) electrons. The van der Waals surface area contributed by atoms with Crippen LogP contribution in [0.3, 0.4) is 0 Å². The number of benzene rings is 1. The van der Waals surface area contributed by atoms with Gasteiger partial charge in [0.1, 0.15) is 5.78 Å². The first-order chi connectivity index (χ1) is 9.37. The predicted molar refractivity (Wildman–Crippen MR) is 81.4 cm³/mol. The summed E-state index contributed by atoms with van der Waals surface area (Å²) in [6.07, 6.45) is 1.52. The summed E-state index contributed by atoms with van der Waals surface area (Å²) in [5, 5.41) is 5.49. The molecule has 106 valence electrons. The van der Waals surface area contributed by atoms with Gasteiger partial charge in [-0.05, 0) is 24.0 Å². The van der Waals surface area contributed by atoms with Gasteiger partial charge in [0.25, 0.3) is 0 Å². The van der Waals surface area contributed by atoms with Gasteiger partial charge in [-0.2, -0.15) is 5.10 Å². The molecule has 1 aliphatic carbocycles. The molecule has 5 heteroatoms. The lowest BCUT2D eigenvalue weighted by Gasteiger charge is -2.36. The Labute approximate surface area is 128 Å². The van der Waals surface area contributed by atoms with Crippen LogP contribution < -0.4 is 5.43 Å². The highest BCUT2D eigenvalue weighted by Crippen LogP contribution is 2.40. The fourth-order valence-corrected chi connectivity index (χ4v) is 3.71. The van der Waals surface area contributed by atoms with Crippen molar-refractivity contribution in [2.24, 2.45) is 16.4 Å². The molecule has 1 heterocycles. The predicted octanol–water partition coefficient (Wildman–Crippen LogP) is 3.67. The van der Waals surface area contributed by atoms with Gasteiger partial charge >= 0.3 is 0 Å². The van der Waals surface area contributed by atoms with E-state index in [1.807, 2.05) is 6.07 Å². The number of fused-ring (bicyclic) bond motifs is 1. The van der Waals surface area contributed by atoms with E-state index in [1.165, 1.54) is 0 Å². The minimum Gasteiger partial charge on any atom is -0.306 e. The number of rotatable bonds is 1. The van der Waals surface area contributed by atoms with Crippen molar-refractivity contribution in [3.05, 3.63) is 33.8 Å². The van der Waals surface area contributed by atoms with Gasteiger partial charge in [0.2, 0.25) is 0 Å². The zero-order chi connectivity index (χ0) is 14.5. The van der Waals surface area contributed by atoms with Crippen molar-refractivity contribution in [2.75, 3.05) is 0 Å². The van der Waals surface area contributed by atoms with Crippen LogP contribution in [0.25, 0.3) is 0 Å². The van der Waals surface area contributed by atoms with Crippen molar-refractivity contribution in [1.82, 2.24) is 5.43 Å². The second kappa shape index (κ2) is 4.74. The SMILES string of the molecule is CC1(C)CC(=O)[C@@H]2C(c3ccc(Cl)cc3Cl)=NN[C@H]2C1. The van der Waals surface area contributed by atoms with E-state index < -0.39 is 0 Å². The molecule has 0 bridgehead atoms. The van der Waals surface area contributed by atoms with E-state index in [0.717, 1.165) is 17.7 Å². The highest BCUT2D eigenvalue weighted by Gasteiger charge is 2.46. The van der Waals surface area contributed by atoms with Crippen molar-refractivity contribution in [1.29, 1.82) is 0 Å². The molecule has 1 N–H and O–H groups in total. The highest BCUT2D eigenvalue weighted by atomic mass is 35.5. The van der Waals surface area contributed by atoms with E-state index in [-0.39, 0.29) is 23.2 Å². The molecule has 1 saturated carbocycles. The lowest BCUT2D eigenvalue weighted by atomic mass is 9.68. The van der Waals surface area contributed by atoms with Crippen LogP contribution in [0.5, 0.6) is 0 Å². The van der Waals surface area contributed by atoms with E-state index in [2.05, 4.69) is 24.4 Å². The molecule has 0 amide bonds. The number of carbonyl (C=O) groups excluding carboxylic acids is 1. The summed E-state index contributed by atoms with van der Waals surface area (Å²) in [5.41, 5.74) is 4.68. The van der Waals surface area contributed by atoms with Crippen LogP contribution >= 0.6 is 23.2 Å². The zero-order valence-electron chi connectivity index (χ0n) is 11.4. The number of hydrogen-bond donors (Lipinski definition) is 1. The standard InChI is InChI=1S/C15H16Cl2N2O/c1-15(2)6-11-13(12(20)7-15)14(19-18-11)9-4-3-8(16)5-10(9)17/h3-5,11,13,18H,6-7H2,1-2H3/t11-,13+/m0/s1. The monoisotopic (exact) mass is 310 g/mol. The molecule has 2 atom stereocenters. The maximum Gasteiger partial charge on any atom is 0.144 e. The maximum absolute atomic E-state index is 12.5. The van der Waals surface area contributed by atoms with E-state index >= 15 is 0 Å². The fourth-order valence-electron chi connectivity index (χ4n) is 3.20. The maximum atomic E-state index is 12.5. The highest BCUT2D eigenvalue weighted by molar-refractivity contribution is 6.37. The number of hydrazone groups is 1. The Morgan fingerprint density at radius 1 is 1.35 bits per heavy atom. The molecular formula is C15H16Cl2N2O. The lowest BCUT2D eigenvalue weighted by molar-refractivity contribution is -0.126. The summed E-state index contributed by atoms with van der Waals surface area (Å²) in [6, 6.07) is 5.37. The normalized spacial score (nSPS) is 27.8. The molecule has 20 heavy (non-hydrogen) atoms. The molecule has 1 fully saturated rings. The van der Waals surface area contributed by atoms with Crippen molar-refractivity contribution in [2.45, 2.75) is 32.7 Å². The average molecular weight is 311 g/mol. The number of ketones is 1. The second-order valence-corrected chi connectivity index (χ2v) is 7.19. The van der Waals surface area contributed by atoms with E-state index in [0.29, 0.717) is 16.5 Å². The molecule has 0 spiro atoms. The molecule has 0 unspecified atom stereocenters. The van der Waals surface area contributed by atoms with E-state index in [1.54, 1.807) is 12.1 Å². The number of carbonyl (C=O) groups is 1. The van der Waals surface area contributed by atoms with Gasteiger partial charge in [-0.3, -0.25) is 4.79 Å². The summed E-state index contributed by atoms with van der Waals surface area (Å²) in [5.74, 6) is 0.0442. The summed E-state index contributed by atoms with van der Waals surface area (Å²) in [6.45, 7) is 4.24. The minimum atomic E-state index is -0.193. The average Bonchev–Trinajstić information content (AvgIpc) is 2.71. The Kier molecular flexibility index (Phi) is 3.30. The molecule has 0 aromatic heterocycles. The molecule has 3 nitrogen and oxygen atoms in total. The van der Waals surface area contributed by atoms with Crippen LogP contribution in [0.4, 0.5) is 0 Å². The number of nitrogens with zero attached hydrogens (tertiary/aromatic N) is 1. The van der Waals surface area contributed by atoms with Gasteiger partial charge in [-0.1, -0.05) is 43.1 Å². The summed E-state index contributed by atoms with van der Waals surface area (Å²) in [7, 11) is 0. The first-order valence-electron chi connectivity index (χ1n) is 6.69. The number of Topliss-reactive ketones (excluding diaryl/α,β-unsaturated/α-hetero) is 1. The van der Waals surface area contributed by atoms with Crippen LogP contribution in [0, 0.1) is 11.3 Å². The van der Waals surface area contributed by atoms with Gasteiger partial charge in [0, 0.05) is 17.0 Å². The zero-order valence-corrected chi connectivity index (χ0v) is 12.9. The van der Waals surface area contributed by atoms with Gasteiger partial charge in [-0.25, -0.2) is 0 Å². The Bertz CT molecular complexity index is 610. The van der Waals surface area contributed by atoms with Crippen LogP contribution in [-0.2, 0) is 4.79 Å². The third-order valence-corrected chi connectivity index (χ3v) is 4.57. The van der Waals surface area contributed by atoms with Crippen LogP contribution in [0.15, 0.2) is 23.3 Å². The summed E-state index contributed by atoms with van der Waals surface area (Å²) >= 11 is 12.2. The smallest absolute Gasteiger partial charge is 0.144 e. The van der Waals surface area contributed by atoms with Crippen molar-refractivity contribution in [3.8, 4) is 0 Å². The third-order valence-electron chi connectivity index (χ3n) is 4.03. The topological polar surface area (TPSA) is 41.5 Å². The molecule has 1 aliphatic heterocycles. The van der Waals surface area contributed by atoms with E-state index in [9.17, 15) is 4.79 Å². The van der Waals surface area contributed by atoms with Crippen LogP contribution in [0.2, 0.25) is 10.0 Å². The number of nitrogens with one attached hydrogen (secondary N) is 1. The Balaban J connectivity index is 1.95. The minimum absolute atomic E-state index is 0.0278. The Hall–Kier alpha value is -1.06. The first kappa shape index (κ1) is 13.9. The third kappa shape index (κ3) is 2.33. The molecule has 1 aromatic carbocycles. The lowest BCUT2D eigenvalue weighted by Crippen LogP contribution is -2.45. The molecule has 1 aromatic rings. The Morgan fingerprint density at radius 3 is 2.80 bits per heavy atom. The molecular weight excluding hydrogens is 295 g/mol. The van der Waals surface area contributed by atoms with Gasteiger partial charge < -0.3 is 5.43 Å². The fraction of sp³-hybridized carbons (Fsp3) is 0.467. The first-order valence-corrected chi connectivity index (χ1v) is 7.44. The molecule has 2 aliphatic rings. The van der Waals surface area contributed by atoms with Crippen LogP contribution in [-0.4, -0.2) is 17.5 Å². The van der Waals surface area contributed by atoms with Crippen molar-refractivity contribution in [3.63, 3.8) is 0 Å². The second-order valence-electron chi connectivity index (χ2n) is 6.35. The Morgan fingerprint density at radius 2 is 2.10 bits per heavy atom. The van der Waals surface area contributed by atoms with Crippen molar-refractivity contribution < 1.29 is 4.79 Å². The quantitative estimate of drug-likeness (QED) is 0.859. The van der Waals surface area contributed by atoms with Crippen LogP contribution in [0.1, 0.15) is 32.3 Å². The van der Waals surface area contributed by atoms with Crippen molar-refractivity contribution >= 4 is 34.7 Å². The van der Waals surface area contributed by atoms with Gasteiger partial charge in [-0.15, -0.1) is 0 Å².